The molecule has 2 N–H and O–H groups in total. The lowest BCUT2D eigenvalue weighted by Gasteiger charge is -2.11. The van der Waals surface area contributed by atoms with Crippen molar-refractivity contribution in [2.45, 2.75) is 12.8 Å². The summed E-state index contributed by atoms with van der Waals surface area (Å²) >= 11 is 0. The number of aryl methyl sites for hydroxylation is 1. The van der Waals surface area contributed by atoms with E-state index in [0.717, 1.165) is 5.56 Å². The molecule has 0 saturated carbocycles. The van der Waals surface area contributed by atoms with Crippen molar-refractivity contribution in [3.63, 3.8) is 0 Å². The number of benzene rings is 2. The van der Waals surface area contributed by atoms with Gasteiger partial charge in [0, 0.05) is 11.8 Å². The van der Waals surface area contributed by atoms with Crippen LogP contribution in [0.5, 0.6) is 0 Å². The molecule has 0 atom stereocenters. The van der Waals surface area contributed by atoms with Crippen LogP contribution >= 0.6 is 0 Å². The van der Waals surface area contributed by atoms with E-state index in [0.29, 0.717) is 39.9 Å². The molecule has 0 spiro atoms. The van der Waals surface area contributed by atoms with Crippen molar-refractivity contribution in [3.8, 4) is 17.5 Å². The van der Waals surface area contributed by atoms with Crippen molar-refractivity contribution in [3.05, 3.63) is 89.7 Å². The summed E-state index contributed by atoms with van der Waals surface area (Å²) in [4.78, 5) is 29.6. The first kappa shape index (κ1) is 19.9. The van der Waals surface area contributed by atoms with Crippen LogP contribution in [0.25, 0.3) is 22.4 Å². The molecule has 0 aliphatic rings. The predicted octanol–water partition coefficient (Wildman–Crippen LogP) is 3.76. The fourth-order valence-electron chi connectivity index (χ4n) is 3.17. The molecule has 2 heterocycles. The minimum Gasteiger partial charge on any atom is -0.463 e. The summed E-state index contributed by atoms with van der Waals surface area (Å²) in [6.07, 6.45) is 2.23. The highest BCUT2D eigenvalue weighted by Crippen LogP contribution is 2.25. The predicted molar refractivity (Wildman–Crippen MR) is 115 cm³/mol. The molecule has 0 aliphatic heterocycles. The second-order valence-electron chi connectivity index (χ2n) is 6.86. The first-order valence-corrected chi connectivity index (χ1v) is 9.66. The number of hydrogen-bond acceptors (Lipinski definition) is 5. The van der Waals surface area contributed by atoms with Crippen LogP contribution in [-0.4, -0.2) is 16.8 Å². The number of aromatic nitrogens is 1. The number of furan rings is 1. The van der Waals surface area contributed by atoms with Crippen LogP contribution in [0.15, 0.2) is 77.4 Å². The van der Waals surface area contributed by atoms with Gasteiger partial charge in [-0.15, -0.1) is 0 Å². The van der Waals surface area contributed by atoms with Gasteiger partial charge in [-0.1, -0.05) is 30.3 Å². The summed E-state index contributed by atoms with van der Waals surface area (Å²) in [5, 5.41) is 9.50. The average molecular weight is 410 g/mol. The molecular weight excluding hydrogens is 392 g/mol. The van der Waals surface area contributed by atoms with Gasteiger partial charge in [0.05, 0.1) is 29.0 Å². The lowest BCUT2D eigenvalue weighted by molar-refractivity contribution is -0.121. The minimum absolute atomic E-state index is 0.195. The zero-order chi connectivity index (χ0) is 21.6. The molecule has 0 fully saturated rings. The van der Waals surface area contributed by atoms with E-state index in [9.17, 15) is 9.59 Å². The van der Waals surface area contributed by atoms with E-state index in [-0.39, 0.29) is 12.3 Å². The molecule has 0 bridgehead atoms. The summed E-state index contributed by atoms with van der Waals surface area (Å²) < 4.78 is 5.41. The van der Waals surface area contributed by atoms with E-state index in [2.05, 4.69) is 21.9 Å². The van der Waals surface area contributed by atoms with Crippen molar-refractivity contribution in [2.75, 3.05) is 0 Å². The van der Waals surface area contributed by atoms with Crippen LogP contribution in [0.3, 0.4) is 0 Å². The third-order valence-corrected chi connectivity index (χ3v) is 4.77. The number of hydrazine groups is 1. The Morgan fingerprint density at radius 3 is 2.55 bits per heavy atom. The molecule has 0 saturated heterocycles. The summed E-state index contributed by atoms with van der Waals surface area (Å²) in [6, 6.07) is 21.5. The number of carbonyl (C=O) groups is 2. The smallest absolute Gasteiger partial charge is 0.270 e. The van der Waals surface area contributed by atoms with Gasteiger partial charge < -0.3 is 4.42 Å². The second-order valence-corrected chi connectivity index (χ2v) is 6.86. The summed E-state index contributed by atoms with van der Waals surface area (Å²) in [6.45, 7) is 0. The SMILES string of the molecule is N#Cc1ccc(CCC(=O)NNC(=O)c2cc(-c3ccco3)nc3ccccc23)cc1. The number of carbonyl (C=O) groups excluding carboxylic acids is 2. The van der Waals surface area contributed by atoms with E-state index in [1.165, 1.54) is 0 Å². The molecular formula is C24H18N4O3. The topological polar surface area (TPSA) is 108 Å². The van der Waals surface area contributed by atoms with E-state index in [1.54, 1.807) is 42.7 Å². The number of nitriles is 1. The van der Waals surface area contributed by atoms with Crippen molar-refractivity contribution >= 4 is 22.7 Å². The summed E-state index contributed by atoms with van der Waals surface area (Å²) in [7, 11) is 0. The maximum atomic E-state index is 12.8. The number of amides is 2. The van der Waals surface area contributed by atoms with Gasteiger partial charge >= 0.3 is 0 Å². The van der Waals surface area contributed by atoms with E-state index in [1.807, 2.05) is 30.3 Å². The average Bonchev–Trinajstić information content (AvgIpc) is 3.36. The third kappa shape index (κ3) is 4.60. The molecule has 7 nitrogen and oxygen atoms in total. The summed E-state index contributed by atoms with van der Waals surface area (Å²) in [5.74, 6) is -0.216. The van der Waals surface area contributed by atoms with E-state index in [4.69, 9.17) is 9.68 Å². The highest BCUT2D eigenvalue weighted by atomic mass is 16.3. The highest BCUT2D eigenvalue weighted by molar-refractivity contribution is 6.07. The largest absolute Gasteiger partial charge is 0.463 e. The second kappa shape index (κ2) is 8.93. The quantitative estimate of drug-likeness (QED) is 0.487. The molecule has 2 aromatic carbocycles. The van der Waals surface area contributed by atoms with Crippen molar-refractivity contribution < 1.29 is 14.0 Å². The number of fused-ring (bicyclic) bond motifs is 1. The van der Waals surface area contributed by atoms with Crippen LogP contribution in [0.1, 0.15) is 27.9 Å². The first-order valence-electron chi connectivity index (χ1n) is 9.66. The maximum Gasteiger partial charge on any atom is 0.270 e. The molecule has 4 rings (SSSR count). The van der Waals surface area contributed by atoms with Gasteiger partial charge in [-0.2, -0.15) is 5.26 Å². The Labute approximate surface area is 178 Å². The van der Waals surface area contributed by atoms with Gasteiger partial charge in [0.1, 0.15) is 5.69 Å². The zero-order valence-corrected chi connectivity index (χ0v) is 16.5. The van der Waals surface area contributed by atoms with Gasteiger partial charge in [0.15, 0.2) is 5.76 Å². The normalized spacial score (nSPS) is 10.4. The Morgan fingerprint density at radius 2 is 1.81 bits per heavy atom. The first-order chi connectivity index (χ1) is 15.1. The van der Waals surface area contributed by atoms with Crippen LogP contribution in [0.2, 0.25) is 0 Å². The van der Waals surface area contributed by atoms with E-state index >= 15 is 0 Å². The molecule has 2 aromatic heterocycles. The van der Waals surface area contributed by atoms with Gasteiger partial charge in [-0.3, -0.25) is 20.4 Å². The number of hydrogen-bond donors (Lipinski definition) is 2. The van der Waals surface area contributed by atoms with Crippen molar-refractivity contribution in [1.29, 1.82) is 5.26 Å². The molecule has 152 valence electrons. The van der Waals surface area contributed by atoms with Gasteiger partial charge in [-0.25, -0.2) is 4.98 Å². The molecule has 7 heteroatoms. The lowest BCUT2D eigenvalue weighted by Crippen LogP contribution is -2.41. The number of para-hydroxylation sites is 1. The van der Waals surface area contributed by atoms with Crippen LogP contribution in [-0.2, 0) is 11.2 Å². The Kier molecular flexibility index (Phi) is 5.72. The van der Waals surface area contributed by atoms with Crippen LogP contribution in [0.4, 0.5) is 0 Å². The van der Waals surface area contributed by atoms with Gasteiger partial charge in [0.2, 0.25) is 5.91 Å². The summed E-state index contributed by atoms with van der Waals surface area (Å²) in [5.41, 5.74) is 7.99. The van der Waals surface area contributed by atoms with Crippen LogP contribution < -0.4 is 10.9 Å². The van der Waals surface area contributed by atoms with Crippen molar-refractivity contribution in [1.82, 2.24) is 15.8 Å². The minimum atomic E-state index is -0.446. The number of nitrogens with one attached hydrogen (secondary N) is 2. The maximum absolute atomic E-state index is 12.8. The Morgan fingerprint density at radius 1 is 1.00 bits per heavy atom. The van der Waals surface area contributed by atoms with Gasteiger partial charge in [-0.05, 0) is 48.4 Å². The lowest BCUT2D eigenvalue weighted by atomic mass is 10.1. The zero-order valence-electron chi connectivity index (χ0n) is 16.5. The highest BCUT2D eigenvalue weighted by Gasteiger charge is 2.15. The van der Waals surface area contributed by atoms with Crippen LogP contribution in [0, 0.1) is 11.3 Å². The Balaban J connectivity index is 1.44. The fourth-order valence-corrected chi connectivity index (χ4v) is 3.17. The monoisotopic (exact) mass is 410 g/mol. The molecule has 0 aliphatic carbocycles. The molecule has 31 heavy (non-hydrogen) atoms. The number of nitrogens with zero attached hydrogens (tertiary/aromatic N) is 2. The van der Waals surface area contributed by atoms with E-state index < -0.39 is 5.91 Å². The number of pyridine rings is 1. The third-order valence-electron chi connectivity index (χ3n) is 4.77. The molecule has 0 unspecified atom stereocenters. The molecule has 2 amide bonds. The van der Waals surface area contributed by atoms with Gasteiger partial charge in [0.25, 0.3) is 5.91 Å². The molecule has 4 aromatic rings. The number of rotatable bonds is 5. The Hall–Kier alpha value is -4.44. The Bertz CT molecular complexity index is 1270. The fraction of sp³-hybridized carbons (Fsp3) is 0.0833. The van der Waals surface area contributed by atoms with Crippen molar-refractivity contribution in [2.24, 2.45) is 0 Å². The standard InChI is InChI=1S/C24H18N4O3/c25-15-17-9-7-16(8-10-17)11-12-23(29)27-28-24(30)19-14-21(22-6-3-13-31-22)26-20-5-2-1-4-18(19)20/h1-10,13-14H,11-12H2,(H,27,29)(H,28,30). The molecule has 0 radical (unpaired) electrons.